The molecule has 1 N–H and O–H groups in total. The van der Waals surface area contributed by atoms with Crippen molar-refractivity contribution >= 4 is 28.1 Å². The average Bonchev–Trinajstić information content (AvgIpc) is 2.46. The lowest BCUT2D eigenvalue weighted by molar-refractivity contribution is -0.385. The summed E-state index contributed by atoms with van der Waals surface area (Å²) in [6, 6.07) is 3.81. The third kappa shape index (κ3) is 3.75. The number of nitrogens with one attached hydrogen (secondary N) is 1. The van der Waals surface area contributed by atoms with Crippen molar-refractivity contribution in [2.45, 2.75) is 30.7 Å². The van der Waals surface area contributed by atoms with Crippen LogP contribution in [0.2, 0.25) is 0 Å². The van der Waals surface area contributed by atoms with Gasteiger partial charge < -0.3 is 5.32 Å². The van der Waals surface area contributed by atoms with Crippen molar-refractivity contribution in [2.75, 3.05) is 20.1 Å². The molecule has 1 aromatic rings. The Morgan fingerprint density at radius 1 is 1.32 bits per heavy atom. The summed E-state index contributed by atoms with van der Waals surface area (Å²) in [6.07, 6.45) is 1.53. The molecule has 22 heavy (non-hydrogen) atoms. The van der Waals surface area contributed by atoms with Crippen molar-refractivity contribution in [3.05, 3.63) is 33.9 Å². The molecule has 1 fully saturated rings. The summed E-state index contributed by atoms with van der Waals surface area (Å²) in [4.78, 5) is 10.3. The molecule has 0 bridgehead atoms. The minimum Gasteiger partial charge on any atom is -0.317 e. The summed E-state index contributed by atoms with van der Waals surface area (Å²) in [5.41, 5.74) is 0.293. The average molecular weight is 350 g/mol. The van der Waals surface area contributed by atoms with Gasteiger partial charge in [-0.1, -0.05) is 0 Å². The van der Waals surface area contributed by atoms with Crippen molar-refractivity contribution in [1.29, 1.82) is 0 Å². The zero-order valence-electron chi connectivity index (χ0n) is 12.5. The summed E-state index contributed by atoms with van der Waals surface area (Å²) in [5.74, 6) is 0. The van der Waals surface area contributed by atoms with Gasteiger partial charge in [-0.05, 0) is 44.5 Å². The number of aryl methyl sites for hydroxylation is 1. The van der Waals surface area contributed by atoms with Crippen LogP contribution in [-0.4, -0.2) is 43.8 Å². The maximum Gasteiger partial charge on any atom is 0.269 e. The molecule has 0 amide bonds. The highest BCUT2D eigenvalue weighted by Crippen LogP contribution is 2.26. The van der Waals surface area contributed by atoms with Crippen molar-refractivity contribution in [3.63, 3.8) is 0 Å². The molecule has 1 aliphatic heterocycles. The van der Waals surface area contributed by atoms with Crippen LogP contribution in [0.15, 0.2) is 23.1 Å². The van der Waals surface area contributed by atoms with Crippen LogP contribution in [0.5, 0.6) is 0 Å². The Morgan fingerprint density at radius 2 is 1.91 bits per heavy atom. The number of non-ortho nitro benzene ring substituents is 1. The largest absolute Gasteiger partial charge is 0.317 e. The molecule has 2 rings (SSSR count). The van der Waals surface area contributed by atoms with Gasteiger partial charge in [-0.3, -0.25) is 10.1 Å². The van der Waals surface area contributed by atoms with Crippen LogP contribution in [0, 0.1) is 17.0 Å². The third-order valence-corrected chi connectivity index (χ3v) is 5.92. The summed E-state index contributed by atoms with van der Waals surface area (Å²) < 4.78 is 26.7. The second kappa shape index (κ2) is 7.36. The zero-order chi connectivity index (χ0) is 15.6. The van der Waals surface area contributed by atoms with Gasteiger partial charge in [0.1, 0.15) is 0 Å². The number of nitro groups is 1. The van der Waals surface area contributed by atoms with E-state index in [0.29, 0.717) is 5.56 Å². The van der Waals surface area contributed by atoms with Gasteiger partial charge in [-0.2, -0.15) is 4.31 Å². The van der Waals surface area contributed by atoms with E-state index in [4.69, 9.17) is 0 Å². The molecule has 0 saturated carbocycles. The smallest absolute Gasteiger partial charge is 0.269 e. The molecule has 1 aliphatic rings. The normalized spacial score (nSPS) is 16.3. The van der Waals surface area contributed by atoms with Crippen molar-refractivity contribution < 1.29 is 13.3 Å². The number of piperidine rings is 1. The van der Waals surface area contributed by atoms with E-state index in [1.54, 1.807) is 14.0 Å². The standard InChI is InChI=1S/C13H19N3O4S.ClH/c1-10-9-12(16(17)18)3-4-13(10)21(19,20)15(2)11-5-7-14-8-6-11;/h3-4,9,11,14H,5-8H2,1-2H3;1H. The number of nitrogens with zero attached hydrogens (tertiary/aromatic N) is 2. The third-order valence-electron chi connectivity index (χ3n) is 3.85. The molecule has 0 radical (unpaired) electrons. The van der Waals surface area contributed by atoms with Gasteiger partial charge in [0.15, 0.2) is 0 Å². The van der Waals surface area contributed by atoms with Crippen LogP contribution in [0.1, 0.15) is 18.4 Å². The van der Waals surface area contributed by atoms with Gasteiger partial charge in [-0.25, -0.2) is 8.42 Å². The Morgan fingerprint density at radius 3 is 2.41 bits per heavy atom. The highest BCUT2D eigenvalue weighted by atomic mass is 35.5. The summed E-state index contributed by atoms with van der Waals surface area (Å²) in [6.45, 7) is 3.17. The van der Waals surface area contributed by atoms with E-state index < -0.39 is 14.9 Å². The molecule has 0 atom stereocenters. The molecular formula is C13H20ClN3O4S. The zero-order valence-corrected chi connectivity index (χ0v) is 14.1. The number of rotatable bonds is 4. The van der Waals surface area contributed by atoms with E-state index in [9.17, 15) is 18.5 Å². The topological polar surface area (TPSA) is 92.5 Å². The fraction of sp³-hybridized carbons (Fsp3) is 0.538. The van der Waals surface area contributed by atoms with Crippen molar-refractivity contribution in [3.8, 4) is 0 Å². The lowest BCUT2D eigenvalue weighted by atomic mass is 10.1. The van der Waals surface area contributed by atoms with Gasteiger partial charge in [0.25, 0.3) is 5.69 Å². The fourth-order valence-electron chi connectivity index (χ4n) is 2.56. The summed E-state index contributed by atoms with van der Waals surface area (Å²) >= 11 is 0. The maximum atomic E-state index is 12.7. The van der Waals surface area contributed by atoms with Crippen LogP contribution in [0.3, 0.4) is 0 Å². The molecule has 0 aromatic heterocycles. The first kappa shape index (κ1) is 18.8. The monoisotopic (exact) mass is 349 g/mol. The van der Waals surface area contributed by atoms with Gasteiger partial charge in [0, 0.05) is 25.2 Å². The van der Waals surface area contributed by atoms with E-state index in [1.807, 2.05) is 0 Å². The Hall–Kier alpha value is -1.22. The molecular weight excluding hydrogens is 330 g/mol. The molecule has 0 aliphatic carbocycles. The first-order valence-corrected chi connectivity index (χ1v) is 8.22. The fourth-order valence-corrected chi connectivity index (χ4v) is 4.18. The number of hydrogen-bond donors (Lipinski definition) is 1. The van der Waals surface area contributed by atoms with Crippen LogP contribution in [0.4, 0.5) is 5.69 Å². The van der Waals surface area contributed by atoms with Crippen molar-refractivity contribution in [1.82, 2.24) is 9.62 Å². The number of sulfonamides is 1. The Labute approximate surface area is 136 Å². The highest BCUT2D eigenvalue weighted by molar-refractivity contribution is 7.89. The Balaban J connectivity index is 0.00000242. The molecule has 1 saturated heterocycles. The van der Waals surface area contributed by atoms with Crippen LogP contribution < -0.4 is 5.32 Å². The highest BCUT2D eigenvalue weighted by Gasteiger charge is 2.30. The number of benzene rings is 1. The molecule has 1 aromatic carbocycles. The molecule has 7 nitrogen and oxygen atoms in total. The lowest BCUT2D eigenvalue weighted by Crippen LogP contribution is -2.44. The lowest BCUT2D eigenvalue weighted by Gasteiger charge is -2.31. The summed E-state index contributed by atoms with van der Waals surface area (Å²) in [5, 5.41) is 13.9. The second-order valence-corrected chi connectivity index (χ2v) is 7.18. The number of halogens is 1. The predicted octanol–water partition coefficient (Wildman–Crippen LogP) is 1.70. The van der Waals surface area contributed by atoms with Crippen LogP contribution in [0.25, 0.3) is 0 Å². The minimum atomic E-state index is -3.63. The molecule has 124 valence electrons. The SMILES string of the molecule is Cc1cc([N+](=O)[O-])ccc1S(=O)(=O)N(C)C1CCNCC1.Cl. The first-order chi connectivity index (χ1) is 9.84. The Bertz CT molecular complexity index is 645. The molecule has 0 unspecified atom stereocenters. The Kier molecular flexibility index (Phi) is 6.30. The minimum absolute atomic E-state index is 0. The van der Waals surface area contributed by atoms with E-state index >= 15 is 0 Å². The van der Waals surface area contributed by atoms with Gasteiger partial charge in [0.05, 0.1) is 9.82 Å². The number of hydrogen-bond acceptors (Lipinski definition) is 5. The summed E-state index contributed by atoms with van der Waals surface area (Å²) in [7, 11) is -2.05. The molecule has 0 spiro atoms. The maximum absolute atomic E-state index is 12.7. The molecule has 1 heterocycles. The molecule has 9 heteroatoms. The van der Waals surface area contributed by atoms with Crippen molar-refractivity contribution in [2.24, 2.45) is 0 Å². The predicted molar refractivity (Wildman–Crippen MR) is 85.9 cm³/mol. The van der Waals surface area contributed by atoms with Gasteiger partial charge >= 0.3 is 0 Å². The van der Waals surface area contributed by atoms with E-state index in [0.717, 1.165) is 25.9 Å². The second-order valence-electron chi connectivity index (χ2n) is 5.21. The first-order valence-electron chi connectivity index (χ1n) is 6.78. The quantitative estimate of drug-likeness (QED) is 0.659. The van der Waals surface area contributed by atoms with E-state index in [1.165, 1.54) is 22.5 Å². The van der Waals surface area contributed by atoms with Crippen LogP contribution >= 0.6 is 12.4 Å². The van der Waals surface area contributed by atoms with E-state index in [2.05, 4.69) is 5.32 Å². The van der Waals surface area contributed by atoms with Gasteiger partial charge in [0.2, 0.25) is 10.0 Å². The van der Waals surface area contributed by atoms with Gasteiger partial charge in [-0.15, -0.1) is 12.4 Å². The van der Waals surface area contributed by atoms with Crippen LogP contribution in [-0.2, 0) is 10.0 Å². The van der Waals surface area contributed by atoms with E-state index in [-0.39, 0.29) is 29.0 Å². The number of nitro benzene ring substituents is 1.